The number of carbonyl (C=O) groups excluding carboxylic acids is 4. The quantitative estimate of drug-likeness (QED) is 0.291. The standard InChI is InChI=1S/C15H23NO11S/c1-7(17)16-12-14(27-28(5,21)22)13(24-9(3)19)11(6-23-8(2)18)26-15(12)25-10(4)20/h11-15H,6H2,1-5H3,(H,16,17)/t11-,12+,13-,14-,15+/m1/s1. The molecule has 1 saturated heterocycles. The van der Waals surface area contributed by atoms with Gasteiger partial charge in [-0.3, -0.25) is 23.4 Å². The normalized spacial score (nSPS) is 27.4. The van der Waals surface area contributed by atoms with Crippen molar-refractivity contribution >= 4 is 33.9 Å². The molecule has 0 unspecified atom stereocenters. The van der Waals surface area contributed by atoms with Crippen LogP contribution in [0.4, 0.5) is 0 Å². The fourth-order valence-electron chi connectivity index (χ4n) is 2.54. The van der Waals surface area contributed by atoms with E-state index in [9.17, 15) is 27.6 Å². The van der Waals surface area contributed by atoms with Crippen LogP contribution in [0, 0.1) is 0 Å². The second-order valence-electron chi connectivity index (χ2n) is 6.02. The molecule has 1 fully saturated rings. The van der Waals surface area contributed by atoms with E-state index in [1.54, 1.807) is 0 Å². The molecule has 12 nitrogen and oxygen atoms in total. The second kappa shape index (κ2) is 9.80. The molecular weight excluding hydrogens is 402 g/mol. The van der Waals surface area contributed by atoms with Crippen molar-refractivity contribution in [3.05, 3.63) is 0 Å². The largest absolute Gasteiger partial charge is 0.463 e. The molecule has 160 valence electrons. The van der Waals surface area contributed by atoms with Gasteiger partial charge in [0.05, 0.1) is 6.26 Å². The third kappa shape index (κ3) is 7.78. The zero-order chi connectivity index (χ0) is 21.6. The fourth-order valence-corrected chi connectivity index (χ4v) is 3.17. The maximum atomic E-state index is 11.8. The highest BCUT2D eigenvalue weighted by atomic mass is 32.2. The van der Waals surface area contributed by atoms with E-state index in [1.807, 2.05) is 0 Å². The SMILES string of the molecule is CC(=O)N[C@@H]1[C@@H](OC(C)=O)O[C@H](COC(C)=O)[C@@H](OC(C)=O)[C@@H]1OS(C)(=O)=O. The van der Waals surface area contributed by atoms with Crippen molar-refractivity contribution in [2.24, 2.45) is 0 Å². The Kier molecular flexibility index (Phi) is 8.32. The molecule has 1 amide bonds. The van der Waals surface area contributed by atoms with Crippen LogP contribution in [0.5, 0.6) is 0 Å². The molecule has 13 heteroatoms. The Morgan fingerprint density at radius 1 is 0.929 bits per heavy atom. The number of amides is 1. The molecule has 0 aliphatic carbocycles. The van der Waals surface area contributed by atoms with Crippen molar-refractivity contribution in [3.63, 3.8) is 0 Å². The Bertz CT molecular complexity index is 719. The summed E-state index contributed by atoms with van der Waals surface area (Å²) in [6, 6.07) is -1.34. The first-order chi connectivity index (χ1) is 12.8. The average molecular weight is 425 g/mol. The van der Waals surface area contributed by atoms with E-state index in [0.29, 0.717) is 0 Å². The first kappa shape index (κ1) is 23.8. The van der Waals surface area contributed by atoms with E-state index in [1.165, 1.54) is 0 Å². The van der Waals surface area contributed by atoms with Crippen LogP contribution in [0.2, 0.25) is 0 Å². The lowest BCUT2D eigenvalue weighted by atomic mass is 9.96. The molecule has 1 aliphatic heterocycles. The number of ether oxygens (including phenoxy) is 4. The molecule has 0 aromatic heterocycles. The minimum Gasteiger partial charge on any atom is -0.463 e. The van der Waals surface area contributed by atoms with Crippen LogP contribution in [-0.2, 0) is 52.4 Å². The van der Waals surface area contributed by atoms with Crippen LogP contribution in [0.25, 0.3) is 0 Å². The van der Waals surface area contributed by atoms with Gasteiger partial charge < -0.3 is 24.3 Å². The van der Waals surface area contributed by atoms with Gasteiger partial charge in [-0.15, -0.1) is 0 Å². The van der Waals surface area contributed by atoms with Crippen molar-refractivity contribution < 1.29 is 50.7 Å². The summed E-state index contributed by atoms with van der Waals surface area (Å²) in [7, 11) is -4.11. The molecule has 1 aliphatic rings. The minimum atomic E-state index is -4.11. The number of carbonyl (C=O) groups is 4. The topological polar surface area (TPSA) is 161 Å². The smallest absolute Gasteiger partial charge is 0.305 e. The van der Waals surface area contributed by atoms with E-state index in [-0.39, 0.29) is 0 Å². The Morgan fingerprint density at radius 3 is 1.93 bits per heavy atom. The van der Waals surface area contributed by atoms with Crippen LogP contribution in [0.3, 0.4) is 0 Å². The first-order valence-corrected chi connectivity index (χ1v) is 9.90. The summed E-state index contributed by atoms with van der Waals surface area (Å²) in [4.78, 5) is 45.7. The van der Waals surface area contributed by atoms with Crippen molar-refractivity contribution in [2.75, 3.05) is 12.9 Å². The molecule has 0 spiro atoms. The van der Waals surface area contributed by atoms with Crippen LogP contribution in [-0.4, -0.2) is 75.7 Å². The summed E-state index contributed by atoms with van der Waals surface area (Å²) in [6.45, 7) is 3.93. The lowest BCUT2D eigenvalue weighted by Crippen LogP contribution is -2.66. The van der Waals surface area contributed by atoms with Gasteiger partial charge in [0.15, 0.2) is 6.10 Å². The van der Waals surface area contributed by atoms with Crippen molar-refractivity contribution in [1.82, 2.24) is 5.32 Å². The number of hydrogen-bond acceptors (Lipinski definition) is 11. The lowest BCUT2D eigenvalue weighted by molar-refractivity contribution is -0.264. The third-order valence-electron chi connectivity index (χ3n) is 3.34. The monoisotopic (exact) mass is 425 g/mol. The highest BCUT2D eigenvalue weighted by molar-refractivity contribution is 7.86. The van der Waals surface area contributed by atoms with Crippen LogP contribution < -0.4 is 5.32 Å². The molecule has 0 bridgehead atoms. The minimum absolute atomic E-state index is 0.457. The van der Waals surface area contributed by atoms with Crippen LogP contribution >= 0.6 is 0 Å². The number of hydrogen-bond donors (Lipinski definition) is 1. The Morgan fingerprint density at radius 2 is 1.50 bits per heavy atom. The molecule has 28 heavy (non-hydrogen) atoms. The highest BCUT2D eigenvalue weighted by Gasteiger charge is 2.52. The van der Waals surface area contributed by atoms with Gasteiger partial charge >= 0.3 is 17.9 Å². The fraction of sp³-hybridized carbons (Fsp3) is 0.733. The van der Waals surface area contributed by atoms with Crippen LogP contribution in [0.1, 0.15) is 27.7 Å². The second-order valence-corrected chi connectivity index (χ2v) is 7.62. The molecule has 5 atom stereocenters. The predicted molar refractivity (Wildman–Crippen MR) is 89.9 cm³/mol. The molecule has 0 aromatic rings. The highest BCUT2D eigenvalue weighted by Crippen LogP contribution is 2.28. The molecule has 0 saturated carbocycles. The van der Waals surface area contributed by atoms with Gasteiger partial charge in [-0.25, -0.2) is 0 Å². The van der Waals surface area contributed by atoms with Gasteiger partial charge in [-0.2, -0.15) is 8.42 Å². The van der Waals surface area contributed by atoms with Gasteiger partial charge in [0.25, 0.3) is 10.1 Å². The molecule has 1 rings (SSSR count). The zero-order valence-electron chi connectivity index (χ0n) is 16.0. The average Bonchev–Trinajstić information content (AvgIpc) is 2.48. The van der Waals surface area contributed by atoms with E-state index >= 15 is 0 Å². The summed E-state index contributed by atoms with van der Waals surface area (Å²) in [5, 5.41) is 2.37. The van der Waals surface area contributed by atoms with Crippen LogP contribution in [0.15, 0.2) is 0 Å². The van der Waals surface area contributed by atoms with Gasteiger partial charge in [0, 0.05) is 27.7 Å². The predicted octanol–water partition coefficient (Wildman–Crippen LogP) is -1.38. The summed E-state index contributed by atoms with van der Waals surface area (Å²) >= 11 is 0. The van der Waals surface area contributed by atoms with E-state index in [0.717, 1.165) is 34.0 Å². The summed E-state index contributed by atoms with van der Waals surface area (Å²) in [5.74, 6) is -2.90. The molecule has 1 heterocycles. The van der Waals surface area contributed by atoms with Gasteiger partial charge in [0.1, 0.15) is 24.9 Å². The van der Waals surface area contributed by atoms with Crippen molar-refractivity contribution in [2.45, 2.75) is 58.3 Å². The molecule has 0 aromatic carbocycles. The summed E-state index contributed by atoms with van der Waals surface area (Å²) < 4.78 is 49.0. The molecule has 1 N–H and O–H groups in total. The molecule has 0 radical (unpaired) electrons. The number of esters is 3. The van der Waals surface area contributed by atoms with E-state index in [2.05, 4.69) is 5.32 Å². The number of rotatable bonds is 7. The zero-order valence-corrected chi connectivity index (χ0v) is 16.8. The Labute approximate surface area is 161 Å². The lowest BCUT2D eigenvalue weighted by Gasteiger charge is -2.44. The van der Waals surface area contributed by atoms with Crippen molar-refractivity contribution in [3.8, 4) is 0 Å². The maximum absolute atomic E-state index is 11.8. The van der Waals surface area contributed by atoms with E-state index < -0.39 is 71.2 Å². The van der Waals surface area contributed by atoms with Crippen molar-refractivity contribution in [1.29, 1.82) is 0 Å². The summed E-state index contributed by atoms with van der Waals surface area (Å²) in [5.41, 5.74) is 0. The van der Waals surface area contributed by atoms with Gasteiger partial charge in [0.2, 0.25) is 12.2 Å². The van der Waals surface area contributed by atoms with Gasteiger partial charge in [-0.05, 0) is 0 Å². The summed E-state index contributed by atoms with van der Waals surface area (Å²) in [6.07, 6.45) is -4.92. The number of nitrogens with one attached hydrogen (secondary N) is 1. The Balaban J connectivity index is 3.38. The molecular formula is C15H23NO11S. The first-order valence-electron chi connectivity index (χ1n) is 8.08. The van der Waals surface area contributed by atoms with Gasteiger partial charge in [-0.1, -0.05) is 0 Å². The van der Waals surface area contributed by atoms with E-state index in [4.69, 9.17) is 23.1 Å². The maximum Gasteiger partial charge on any atom is 0.305 e. The Hall–Kier alpha value is -2.25. The third-order valence-corrected chi connectivity index (χ3v) is 3.91.